The molecule has 0 saturated heterocycles. The second-order valence-corrected chi connectivity index (χ2v) is 9.28. The predicted octanol–water partition coefficient (Wildman–Crippen LogP) is 7.33. The number of rotatable bonds is 1. The highest BCUT2D eigenvalue weighted by atomic mass is 79.9. The van der Waals surface area contributed by atoms with Crippen molar-refractivity contribution >= 4 is 64.4 Å². The van der Waals surface area contributed by atoms with E-state index < -0.39 is 0 Å². The van der Waals surface area contributed by atoms with Gasteiger partial charge in [0.1, 0.15) is 0 Å². The van der Waals surface area contributed by atoms with Crippen LogP contribution in [0.15, 0.2) is 72.8 Å². The first kappa shape index (κ1) is 15.7. The van der Waals surface area contributed by atoms with Crippen molar-refractivity contribution in [1.29, 1.82) is 0 Å². The van der Waals surface area contributed by atoms with Crippen LogP contribution in [0.25, 0.3) is 42.8 Å². The molecule has 3 aromatic carbocycles. The minimum Gasteiger partial charge on any atom is -0.310 e. The third-order valence-electron chi connectivity index (χ3n) is 5.49. The zero-order valence-electron chi connectivity index (χ0n) is 14.5. The quantitative estimate of drug-likeness (QED) is 0.245. The summed E-state index contributed by atoms with van der Waals surface area (Å²) in [6.07, 6.45) is 5.57. The van der Waals surface area contributed by atoms with Crippen molar-refractivity contribution in [3.8, 4) is 5.69 Å². The SMILES string of the molecule is BrC1C=Cc2c(c3c4sc5ccccc5c4ccc3n2-c2ccccc2)C1. The average Bonchev–Trinajstić information content (AvgIpc) is 3.23. The fourth-order valence-corrected chi connectivity index (χ4v) is 6.09. The zero-order chi connectivity index (χ0) is 18.0. The van der Waals surface area contributed by atoms with Gasteiger partial charge in [-0.2, -0.15) is 0 Å². The largest absolute Gasteiger partial charge is 0.310 e. The van der Waals surface area contributed by atoms with Crippen molar-refractivity contribution in [3.63, 3.8) is 0 Å². The summed E-state index contributed by atoms with van der Waals surface area (Å²) in [5.74, 6) is 0. The molecule has 0 radical (unpaired) electrons. The average molecular weight is 430 g/mol. The Kier molecular flexibility index (Phi) is 3.38. The summed E-state index contributed by atoms with van der Waals surface area (Å²) in [5, 5.41) is 4.15. The van der Waals surface area contributed by atoms with Crippen LogP contribution in [0, 0.1) is 0 Å². The van der Waals surface area contributed by atoms with Gasteiger partial charge in [0.25, 0.3) is 0 Å². The zero-order valence-corrected chi connectivity index (χ0v) is 16.9. The summed E-state index contributed by atoms with van der Waals surface area (Å²) in [7, 11) is 0. The number of fused-ring (bicyclic) bond motifs is 7. The molecular weight excluding hydrogens is 414 g/mol. The molecule has 0 saturated carbocycles. The van der Waals surface area contributed by atoms with Gasteiger partial charge in [0.15, 0.2) is 0 Å². The van der Waals surface area contributed by atoms with Gasteiger partial charge in [-0.3, -0.25) is 0 Å². The van der Waals surface area contributed by atoms with Crippen molar-refractivity contribution in [3.05, 3.63) is 84.1 Å². The molecule has 0 aliphatic heterocycles. The number of nitrogens with zero attached hydrogens (tertiary/aromatic N) is 1. The van der Waals surface area contributed by atoms with Crippen LogP contribution in [0.4, 0.5) is 0 Å². The Morgan fingerprint density at radius 1 is 0.889 bits per heavy atom. The number of alkyl halides is 1. The normalized spacial score (nSPS) is 16.4. The van der Waals surface area contributed by atoms with Crippen LogP contribution in [0.5, 0.6) is 0 Å². The highest BCUT2D eigenvalue weighted by molar-refractivity contribution is 9.09. The minimum atomic E-state index is 0.393. The number of thiophene rings is 1. The number of aromatic nitrogens is 1. The smallest absolute Gasteiger partial charge is 0.0552 e. The van der Waals surface area contributed by atoms with Crippen molar-refractivity contribution in [2.24, 2.45) is 0 Å². The van der Waals surface area contributed by atoms with Gasteiger partial charge in [-0.15, -0.1) is 11.3 Å². The molecule has 0 amide bonds. The highest BCUT2D eigenvalue weighted by Gasteiger charge is 2.24. The first-order valence-corrected chi connectivity index (χ1v) is 10.9. The van der Waals surface area contributed by atoms with E-state index in [0.717, 1.165) is 6.42 Å². The van der Waals surface area contributed by atoms with Gasteiger partial charge in [-0.25, -0.2) is 0 Å². The van der Waals surface area contributed by atoms with E-state index in [1.54, 1.807) is 0 Å². The topological polar surface area (TPSA) is 4.93 Å². The van der Waals surface area contributed by atoms with Crippen LogP contribution in [-0.2, 0) is 6.42 Å². The van der Waals surface area contributed by atoms with Crippen LogP contribution >= 0.6 is 27.3 Å². The standard InChI is InChI=1S/C24H16BrNS/c25-15-10-12-20-19(14-15)23-21(26(20)16-6-2-1-3-7-16)13-11-18-17-8-4-5-9-22(17)27-24(18)23/h1-13,15H,14H2. The van der Waals surface area contributed by atoms with E-state index in [4.69, 9.17) is 0 Å². The molecule has 5 aromatic rings. The Morgan fingerprint density at radius 2 is 1.70 bits per heavy atom. The molecule has 1 atom stereocenters. The van der Waals surface area contributed by atoms with E-state index in [9.17, 15) is 0 Å². The summed E-state index contributed by atoms with van der Waals surface area (Å²) in [6, 6.07) is 24.1. The number of para-hydroxylation sites is 1. The summed E-state index contributed by atoms with van der Waals surface area (Å²) in [6.45, 7) is 0. The van der Waals surface area contributed by atoms with Crippen LogP contribution in [0.2, 0.25) is 0 Å². The van der Waals surface area contributed by atoms with E-state index in [-0.39, 0.29) is 0 Å². The lowest BCUT2D eigenvalue weighted by Gasteiger charge is -2.14. The van der Waals surface area contributed by atoms with Gasteiger partial charge in [0.2, 0.25) is 0 Å². The first-order valence-electron chi connectivity index (χ1n) is 9.16. The molecule has 1 unspecified atom stereocenters. The Hall–Kier alpha value is -2.36. The molecule has 0 spiro atoms. The summed E-state index contributed by atoms with van der Waals surface area (Å²) in [5.41, 5.74) is 5.30. The molecule has 1 nitrogen and oxygen atoms in total. The predicted molar refractivity (Wildman–Crippen MR) is 122 cm³/mol. The molecule has 3 heteroatoms. The second-order valence-electron chi connectivity index (χ2n) is 7.05. The molecular formula is C24H16BrNS. The van der Waals surface area contributed by atoms with E-state index in [0.29, 0.717) is 4.83 Å². The molecule has 6 rings (SSSR count). The number of allylic oxidation sites excluding steroid dienone is 1. The van der Waals surface area contributed by atoms with Gasteiger partial charge >= 0.3 is 0 Å². The maximum atomic E-state index is 3.82. The maximum absolute atomic E-state index is 3.82. The Bertz CT molecular complexity index is 1360. The summed E-state index contributed by atoms with van der Waals surface area (Å²) >= 11 is 5.74. The van der Waals surface area contributed by atoms with E-state index in [1.165, 1.54) is 48.0 Å². The minimum absolute atomic E-state index is 0.393. The van der Waals surface area contributed by atoms with Gasteiger partial charge < -0.3 is 4.57 Å². The molecule has 2 aromatic heterocycles. The molecule has 0 bridgehead atoms. The number of hydrogen-bond donors (Lipinski definition) is 0. The van der Waals surface area contributed by atoms with Gasteiger partial charge in [-0.1, -0.05) is 64.5 Å². The molecule has 2 heterocycles. The second kappa shape index (κ2) is 5.82. The van der Waals surface area contributed by atoms with Crippen LogP contribution in [-0.4, -0.2) is 9.39 Å². The Balaban J connectivity index is 1.82. The lowest BCUT2D eigenvalue weighted by molar-refractivity contribution is 0.992. The van der Waals surface area contributed by atoms with Crippen molar-refractivity contribution in [2.45, 2.75) is 11.2 Å². The lowest BCUT2D eigenvalue weighted by atomic mass is 9.99. The Labute approximate surface area is 169 Å². The first-order chi connectivity index (χ1) is 13.3. The van der Waals surface area contributed by atoms with Crippen molar-refractivity contribution in [2.75, 3.05) is 0 Å². The maximum Gasteiger partial charge on any atom is 0.0552 e. The lowest BCUT2D eigenvalue weighted by Crippen LogP contribution is -2.06. The van der Waals surface area contributed by atoms with Crippen molar-refractivity contribution in [1.82, 2.24) is 4.57 Å². The molecule has 27 heavy (non-hydrogen) atoms. The third kappa shape index (κ3) is 2.22. The van der Waals surface area contributed by atoms with E-state index in [1.807, 2.05) is 11.3 Å². The fourth-order valence-electron chi connectivity index (χ4n) is 4.34. The molecule has 1 aliphatic carbocycles. The highest BCUT2D eigenvalue weighted by Crippen LogP contribution is 2.44. The molecule has 130 valence electrons. The molecule has 0 N–H and O–H groups in total. The third-order valence-corrected chi connectivity index (χ3v) is 7.33. The van der Waals surface area contributed by atoms with Gasteiger partial charge in [0, 0.05) is 41.8 Å². The Morgan fingerprint density at radius 3 is 2.59 bits per heavy atom. The van der Waals surface area contributed by atoms with Crippen LogP contribution in [0.1, 0.15) is 11.3 Å². The van der Waals surface area contributed by atoms with E-state index in [2.05, 4.69) is 99.4 Å². The van der Waals surface area contributed by atoms with Crippen molar-refractivity contribution < 1.29 is 0 Å². The summed E-state index contributed by atoms with van der Waals surface area (Å²) < 4.78 is 5.20. The van der Waals surface area contributed by atoms with Gasteiger partial charge in [0.05, 0.1) is 5.52 Å². The molecule has 0 fully saturated rings. The molecule has 1 aliphatic rings. The van der Waals surface area contributed by atoms with Crippen LogP contribution in [0.3, 0.4) is 0 Å². The van der Waals surface area contributed by atoms with E-state index >= 15 is 0 Å². The number of hydrogen-bond acceptors (Lipinski definition) is 1. The van der Waals surface area contributed by atoms with Gasteiger partial charge in [-0.05, 0) is 42.3 Å². The monoisotopic (exact) mass is 429 g/mol. The number of halogens is 1. The van der Waals surface area contributed by atoms with Crippen LogP contribution < -0.4 is 0 Å². The fraction of sp³-hybridized carbons (Fsp3) is 0.0833. The summed E-state index contributed by atoms with van der Waals surface area (Å²) in [4.78, 5) is 0.393. The number of benzene rings is 3.